The van der Waals surface area contributed by atoms with E-state index in [9.17, 15) is 27.2 Å². The number of hydrogen-bond donors (Lipinski definition) is 1. The molecule has 0 saturated carbocycles. The Morgan fingerprint density at radius 1 is 1.12 bits per heavy atom. The zero-order valence-corrected chi connectivity index (χ0v) is 18.2. The van der Waals surface area contributed by atoms with Crippen molar-refractivity contribution in [2.75, 3.05) is 5.32 Å². The highest BCUT2D eigenvalue weighted by molar-refractivity contribution is 6.30. The molecule has 1 aromatic carbocycles. The first kappa shape index (κ1) is 23.2. The third-order valence-electron chi connectivity index (χ3n) is 4.82. The maximum absolute atomic E-state index is 14.7. The topological polar surface area (TPSA) is 103 Å². The summed E-state index contributed by atoms with van der Waals surface area (Å²) in [4.78, 5) is 36.4. The van der Waals surface area contributed by atoms with Crippen LogP contribution in [-0.4, -0.2) is 30.6 Å². The average molecular weight is 493 g/mol. The molecule has 3 heterocycles. The maximum Gasteiger partial charge on any atom is 0.451 e. The summed E-state index contributed by atoms with van der Waals surface area (Å²) in [5.41, 5.74) is -0.656. The molecule has 3 aromatic heterocycles. The van der Waals surface area contributed by atoms with E-state index >= 15 is 0 Å². The van der Waals surface area contributed by atoms with Gasteiger partial charge in [-0.05, 0) is 43.7 Å². The highest BCUT2D eigenvalue weighted by atomic mass is 35.5. The van der Waals surface area contributed by atoms with Gasteiger partial charge in [-0.25, -0.2) is 24.0 Å². The number of amides is 1. The Morgan fingerprint density at radius 2 is 1.79 bits per heavy atom. The molecule has 0 radical (unpaired) electrons. The van der Waals surface area contributed by atoms with Gasteiger partial charge in [0, 0.05) is 10.7 Å². The summed E-state index contributed by atoms with van der Waals surface area (Å²) in [5, 5.41) is 6.38. The lowest BCUT2D eigenvalue weighted by molar-refractivity contribution is -0.144. The predicted octanol–water partition coefficient (Wildman–Crippen LogP) is 4.25. The summed E-state index contributed by atoms with van der Waals surface area (Å²) in [6.07, 6.45) is -3.30. The smallest absolute Gasteiger partial charge is 0.318 e. The molecule has 0 atom stereocenters. The van der Waals surface area contributed by atoms with E-state index in [1.807, 2.05) is 0 Å². The molecule has 0 saturated heterocycles. The van der Waals surface area contributed by atoms with E-state index in [1.165, 1.54) is 12.1 Å². The molecule has 0 aliphatic carbocycles. The molecular weight excluding hydrogens is 480 g/mol. The Labute approximate surface area is 193 Å². The number of hydrogen-bond acceptors (Lipinski definition) is 6. The van der Waals surface area contributed by atoms with E-state index < -0.39 is 34.8 Å². The molecular formula is C21H13ClF4N6O2. The molecule has 0 spiro atoms. The molecule has 13 heteroatoms. The number of anilines is 1. The van der Waals surface area contributed by atoms with Gasteiger partial charge < -0.3 is 5.32 Å². The van der Waals surface area contributed by atoms with Gasteiger partial charge in [0.1, 0.15) is 17.0 Å². The summed E-state index contributed by atoms with van der Waals surface area (Å²) in [6, 6.07) is 5.33. The SMILES string of the molecule is Cc1cc2c(nc1C)c(=O)c(C(=O)Nc1cnc(C(F)(F)F)nc1)nn2-c1ccc(Cl)cc1F. The molecule has 0 unspecified atom stereocenters. The number of alkyl halides is 3. The number of benzene rings is 1. The highest BCUT2D eigenvalue weighted by Gasteiger charge is 2.34. The summed E-state index contributed by atoms with van der Waals surface area (Å²) >= 11 is 5.83. The van der Waals surface area contributed by atoms with Crippen LogP contribution in [0.25, 0.3) is 16.7 Å². The molecule has 0 aliphatic heterocycles. The molecule has 4 rings (SSSR count). The molecule has 0 fully saturated rings. The van der Waals surface area contributed by atoms with Crippen LogP contribution in [0.1, 0.15) is 27.6 Å². The molecule has 0 bridgehead atoms. The maximum atomic E-state index is 14.7. The van der Waals surface area contributed by atoms with Crippen LogP contribution in [0.4, 0.5) is 23.2 Å². The minimum Gasteiger partial charge on any atom is -0.318 e. The van der Waals surface area contributed by atoms with Gasteiger partial charge in [0.2, 0.25) is 11.3 Å². The first-order chi connectivity index (χ1) is 16.0. The normalized spacial score (nSPS) is 11.6. The summed E-state index contributed by atoms with van der Waals surface area (Å²) < 4.78 is 53.7. The fourth-order valence-electron chi connectivity index (χ4n) is 3.05. The Kier molecular flexibility index (Phi) is 5.77. The number of aryl methyl sites for hydroxylation is 2. The van der Waals surface area contributed by atoms with Crippen LogP contribution in [0.3, 0.4) is 0 Å². The van der Waals surface area contributed by atoms with Crippen molar-refractivity contribution in [3.8, 4) is 5.69 Å². The van der Waals surface area contributed by atoms with Crippen LogP contribution in [0, 0.1) is 19.7 Å². The van der Waals surface area contributed by atoms with E-state index in [1.54, 1.807) is 19.9 Å². The second-order valence-electron chi connectivity index (χ2n) is 7.19. The lowest BCUT2D eigenvalue weighted by Crippen LogP contribution is -2.28. The Bertz CT molecular complexity index is 1500. The lowest BCUT2D eigenvalue weighted by Gasteiger charge is -2.14. The predicted molar refractivity (Wildman–Crippen MR) is 115 cm³/mol. The van der Waals surface area contributed by atoms with E-state index in [0.717, 1.165) is 23.1 Å². The van der Waals surface area contributed by atoms with Crippen LogP contribution in [0.15, 0.2) is 41.5 Å². The monoisotopic (exact) mass is 492 g/mol. The number of pyridine rings is 1. The number of nitrogens with zero attached hydrogens (tertiary/aromatic N) is 5. The van der Waals surface area contributed by atoms with Gasteiger partial charge in [0.15, 0.2) is 5.69 Å². The first-order valence-corrected chi connectivity index (χ1v) is 9.91. The first-order valence-electron chi connectivity index (χ1n) is 9.53. The van der Waals surface area contributed by atoms with E-state index in [0.29, 0.717) is 11.3 Å². The number of carbonyl (C=O) groups is 1. The lowest BCUT2D eigenvalue weighted by atomic mass is 10.1. The Hall–Kier alpha value is -3.93. The van der Waals surface area contributed by atoms with Crippen LogP contribution in [-0.2, 0) is 6.18 Å². The van der Waals surface area contributed by atoms with Crippen LogP contribution in [0.5, 0.6) is 0 Å². The van der Waals surface area contributed by atoms with Gasteiger partial charge in [-0.2, -0.15) is 18.3 Å². The van der Waals surface area contributed by atoms with Crippen molar-refractivity contribution < 1.29 is 22.4 Å². The molecule has 34 heavy (non-hydrogen) atoms. The van der Waals surface area contributed by atoms with Gasteiger partial charge >= 0.3 is 6.18 Å². The molecule has 0 aliphatic rings. The largest absolute Gasteiger partial charge is 0.451 e. The van der Waals surface area contributed by atoms with Crippen molar-refractivity contribution in [3.05, 3.63) is 80.5 Å². The van der Waals surface area contributed by atoms with Crippen molar-refractivity contribution >= 4 is 34.2 Å². The van der Waals surface area contributed by atoms with Crippen LogP contribution in [0.2, 0.25) is 5.02 Å². The highest BCUT2D eigenvalue weighted by Crippen LogP contribution is 2.26. The number of fused-ring (bicyclic) bond motifs is 1. The fraction of sp³-hybridized carbons (Fsp3) is 0.143. The quantitative estimate of drug-likeness (QED) is 0.429. The minimum absolute atomic E-state index is 0.105. The number of aromatic nitrogens is 5. The Balaban J connectivity index is 1.86. The minimum atomic E-state index is -4.76. The standard InChI is InChI=1S/C21H13ClF4N6O2/c1-9-5-15-16(29-10(9)2)18(33)17(31-32(15)14-4-3-11(22)6-13(14)23)19(34)30-12-7-27-20(28-8-12)21(24,25)26/h3-8H,1-2H3,(H,30,34). The van der Waals surface area contributed by atoms with Crippen molar-refractivity contribution in [1.29, 1.82) is 0 Å². The molecule has 174 valence electrons. The van der Waals surface area contributed by atoms with Gasteiger partial charge in [0.25, 0.3) is 5.91 Å². The van der Waals surface area contributed by atoms with Crippen LogP contribution >= 0.6 is 11.6 Å². The number of rotatable bonds is 3. The van der Waals surface area contributed by atoms with Gasteiger partial charge in [-0.15, -0.1) is 0 Å². The van der Waals surface area contributed by atoms with Crippen LogP contribution < -0.4 is 10.7 Å². The van der Waals surface area contributed by atoms with Crippen molar-refractivity contribution in [3.63, 3.8) is 0 Å². The van der Waals surface area contributed by atoms with Crippen molar-refractivity contribution in [2.24, 2.45) is 0 Å². The second kappa shape index (κ2) is 8.45. The van der Waals surface area contributed by atoms with E-state index in [-0.39, 0.29) is 27.4 Å². The summed E-state index contributed by atoms with van der Waals surface area (Å²) in [5.74, 6) is -3.24. The summed E-state index contributed by atoms with van der Waals surface area (Å²) in [6.45, 7) is 3.39. The number of nitrogens with one attached hydrogen (secondary N) is 1. The third-order valence-corrected chi connectivity index (χ3v) is 5.06. The number of carbonyl (C=O) groups excluding carboxylic acids is 1. The fourth-order valence-corrected chi connectivity index (χ4v) is 3.20. The third kappa shape index (κ3) is 4.31. The van der Waals surface area contributed by atoms with Crippen molar-refractivity contribution in [2.45, 2.75) is 20.0 Å². The molecule has 1 N–H and O–H groups in total. The zero-order valence-electron chi connectivity index (χ0n) is 17.4. The van der Waals surface area contributed by atoms with Gasteiger partial charge in [-0.3, -0.25) is 9.59 Å². The average Bonchev–Trinajstić information content (AvgIpc) is 2.76. The molecule has 4 aromatic rings. The summed E-state index contributed by atoms with van der Waals surface area (Å²) in [7, 11) is 0. The molecule has 1 amide bonds. The van der Waals surface area contributed by atoms with E-state index in [4.69, 9.17) is 11.6 Å². The number of halogens is 5. The van der Waals surface area contributed by atoms with Crippen molar-refractivity contribution in [1.82, 2.24) is 24.7 Å². The molecule has 8 nitrogen and oxygen atoms in total. The second-order valence-corrected chi connectivity index (χ2v) is 7.63. The van der Waals surface area contributed by atoms with E-state index in [2.05, 4.69) is 25.4 Å². The van der Waals surface area contributed by atoms with Gasteiger partial charge in [0.05, 0.1) is 23.6 Å². The van der Waals surface area contributed by atoms with Gasteiger partial charge in [-0.1, -0.05) is 11.6 Å². The Morgan fingerprint density at radius 3 is 2.41 bits per heavy atom. The zero-order chi connectivity index (χ0) is 24.8.